The van der Waals surface area contributed by atoms with Crippen LogP contribution in [0, 0.1) is 3.57 Å². The lowest BCUT2D eigenvalue weighted by atomic mass is 10.1. The minimum Gasteiger partial charge on any atom is -0.504 e. The molecule has 0 radical (unpaired) electrons. The Morgan fingerprint density at radius 2 is 1.78 bits per heavy atom. The lowest BCUT2D eigenvalue weighted by Gasteiger charge is -2.07. The molecule has 27 heavy (non-hydrogen) atoms. The summed E-state index contributed by atoms with van der Waals surface area (Å²) in [5, 5.41) is 19.0. The first kappa shape index (κ1) is 23.2. The minimum absolute atomic E-state index is 0.142. The van der Waals surface area contributed by atoms with E-state index in [0.29, 0.717) is 12.8 Å². The van der Waals surface area contributed by atoms with Crippen molar-refractivity contribution in [1.29, 1.82) is 0 Å². The number of benzene rings is 1. The highest BCUT2D eigenvalue weighted by Gasteiger charge is 2.09. The van der Waals surface area contributed by atoms with Crippen molar-refractivity contribution >= 4 is 34.3 Å². The number of carbonyl (C=O) groups is 2. The van der Waals surface area contributed by atoms with Crippen LogP contribution in [0.3, 0.4) is 0 Å². The maximum Gasteiger partial charge on any atom is 0.331 e. The van der Waals surface area contributed by atoms with Gasteiger partial charge in [-0.15, -0.1) is 0 Å². The second-order valence-electron chi connectivity index (χ2n) is 6.74. The third-order valence-electron chi connectivity index (χ3n) is 3.88. The van der Waals surface area contributed by atoms with Crippen molar-refractivity contribution in [3.63, 3.8) is 0 Å². The number of carbonyl (C=O) groups excluding carboxylic acids is 2. The molecule has 0 saturated heterocycles. The summed E-state index contributed by atoms with van der Waals surface area (Å²) in [6.07, 6.45) is 6.67. The molecule has 0 aliphatic heterocycles. The highest BCUT2D eigenvalue weighted by molar-refractivity contribution is 14.1. The molecule has 1 rings (SSSR count). The smallest absolute Gasteiger partial charge is 0.331 e. The van der Waals surface area contributed by atoms with Gasteiger partial charge in [0.1, 0.15) is 6.61 Å². The average molecular weight is 486 g/mol. The highest BCUT2D eigenvalue weighted by Crippen LogP contribution is 2.30. The Morgan fingerprint density at radius 3 is 2.44 bits per heavy atom. The number of aryl methyl sites for hydroxylation is 1. The first-order valence-electron chi connectivity index (χ1n) is 8.88. The average Bonchev–Trinajstić information content (AvgIpc) is 2.57. The van der Waals surface area contributed by atoms with E-state index >= 15 is 0 Å². The van der Waals surface area contributed by atoms with E-state index in [2.05, 4.69) is 28.7 Å². The lowest BCUT2D eigenvalue weighted by Crippen LogP contribution is -2.12. The molecule has 0 unspecified atom stereocenters. The van der Waals surface area contributed by atoms with Crippen LogP contribution in [0.15, 0.2) is 35.4 Å². The van der Waals surface area contributed by atoms with Crippen molar-refractivity contribution < 1.29 is 24.5 Å². The number of rotatable bonds is 10. The first-order valence-corrected chi connectivity index (χ1v) is 9.96. The van der Waals surface area contributed by atoms with Crippen molar-refractivity contribution in [3.8, 4) is 11.5 Å². The van der Waals surface area contributed by atoms with E-state index in [-0.39, 0.29) is 30.3 Å². The van der Waals surface area contributed by atoms with Gasteiger partial charge in [0, 0.05) is 16.1 Å². The van der Waals surface area contributed by atoms with Gasteiger partial charge in [-0.25, -0.2) is 4.79 Å². The molecule has 5 nitrogen and oxygen atoms in total. The zero-order chi connectivity index (χ0) is 20.4. The van der Waals surface area contributed by atoms with E-state index in [4.69, 9.17) is 4.74 Å². The Balaban J connectivity index is 2.33. The quantitative estimate of drug-likeness (QED) is 0.163. The number of hydrogen-bond donors (Lipinski definition) is 2. The fourth-order valence-electron chi connectivity index (χ4n) is 2.39. The summed E-state index contributed by atoms with van der Waals surface area (Å²) in [5.41, 5.74) is 3.03. The Labute approximate surface area is 174 Å². The lowest BCUT2D eigenvalue weighted by molar-refractivity contribution is -0.143. The molecule has 0 spiro atoms. The predicted molar refractivity (Wildman–Crippen MR) is 114 cm³/mol. The van der Waals surface area contributed by atoms with E-state index < -0.39 is 5.97 Å². The summed E-state index contributed by atoms with van der Waals surface area (Å²) >= 11 is 2.07. The van der Waals surface area contributed by atoms with E-state index in [1.54, 1.807) is 0 Å². The molecule has 0 aromatic heterocycles. The van der Waals surface area contributed by atoms with E-state index in [0.717, 1.165) is 27.5 Å². The second-order valence-corrected chi connectivity index (χ2v) is 7.91. The normalized spacial score (nSPS) is 11.2. The Hall–Kier alpha value is -1.83. The molecule has 0 heterocycles. The Bertz CT molecular complexity index is 730. The predicted octanol–water partition coefficient (Wildman–Crippen LogP) is 4.83. The molecule has 1 aromatic rings. The van der Waals surface area contributed by atoms with Gasteiger partial charge in [-0.2, -0.15) is 0 Å². The molecule has 0 amide bonds. The zero-order valence-corrected chi connectivity index (χ0v) is 18.2. The number of Topliss-reactive ketones (excluding diaryl/α,β-unsaturated/α-hetero) is 1. The fraction of sp³-hybridized carbons (Fsp3) is 0.429. The number of halogens is 1. The summed E-state index contributed by atoms with van der Waals surface area (Å²) in [6.45, 7) is 5.71. The second kappa shape index (κ2) is 11.8. The number of esters is 1. The van der Waals surface area contributed by atoms with E-state index in [9.17, 15) is 19.8 Å². The molecular formula is C21H27IO5. The molecule has 0 atom stereocenters. The van der Waals surface area contributed by atoms with Crippen LogP contribution < -0.4 is 0 Å². The highest BCUT2D eigenvalue weighted by atomic mass is 127. The molecule has 0 aliphatic rings. The van der Waals surface area contributed by atoms with Gasteiger partial charge < -0.3 is 14.9 Å². The Kier molecular flexibility index (Phi) is 10.1. The van der Waals surface area contributed by atoms with Gasteiger partial charge in [0.25, 0.3) is 0 Å². The SMILES string of the molecule is CC(C)=CCC/C(C)=C/C(=O)OCC(=O)CCCc1cc(O)c(O)cc1I. The van der Waals surface area contributed by atoms with Crippen molar-refractivity contribution in [1.82, 2.24) is 0 Å². The molecule has 6 heteroatoms. The summed E-state index contributed by atoms with van der Waals surface area (Å²) in [4.78, 5) is 23.6. The number of aromatic hydroxyl groups is 2. The van der Waals surface area contributed by atoms with Crippen molar-refractivity contribution in [2.24, 2.45) is 0 Å². The maximum absolute atomic E-state index is 11.9. The fourth-order valence-corrected chi connectivity index (χ4v) is 3.11. The molecule has 148 valence electrons. The number of allylic oxidation sites excluding steroid dienone is 3. The van der Waals surface area contributed by atoms with Crippen LogP contribution in [0.2, 0.25) is 0 Å². The maximum atomic E-state index is 11.9. The largest absolute Gasteiger partial charge is 0.504 e. The van der Waals surface area contributed by atoms with Crippen molar-refractivity contribution in [3.05, 3.63) is 44.6 Å². The topological polar surface area (TPSA) is 83.8 Å². The minimum atomic E-state index is -0.490. The van der Waals surface area contributed by atoms with Gasteiger partial charge in [0.2, 0.25) is 0 Å². The molecular weight excluding hydrogens is 459 g/mol. The van der Waals surface area contributed by atoms with Crippen molar-refractivity contribution in [2.45, 2.75) is 52.9 Å². The number of hydrogen-bond acceptors (Lipinski definition) is 5. The molecule has 0 bridgehead atoms. The third-order valence-corrected chi connectivity index (χ3v) is 4.88. The first-order chi connectivity index (χ1) is 12.7. The number of ketones is 1. The van der Waals surface area contributed by atoms with Crippen LogP contribution in [0.4, 0.5) is 0 Å². The molecule has 0 fully saturated rings. The van der Waals surface area contributed by atoms with E-state index in [1.807, 2.05) is 20.8 Å². The Morgan fingerprint density at radius 1 is 1.11 bits per heavy atom. The summed E-state index contributed by atoms with van der Waals surface area (Å²) in [7, 11) is 0. The van der Waals surface area contributed by atoms with Gasteiger partial charge >= 0.3 is 5.97 Å². The summed E-state index contributed by atoms with van der Waals surface area (Å²) in [5.74, 6) is -0.958. The summed E-state index contributed by atoms with van der Waals surface area (Å²) in [6, 6.07) is 2.99. The number of ether oxygens (including phenoxy) is 1. The van der Waals surface area contributed by atoms with Crippen molar-refractivity contribution in [2.75, 3.05) is 6.61 Å². The van der Waals surface area contributed by atoms with Crippen LogP contribution in [0.25, 0.3) is 0 Å². The standard InChI is InChI=1S/C21H27IO5/c1-14(2)6-4-7-15(3)10-21(26)27-13-17(23)9-5-8-16-11-19(24)20(25)12-18(16)22/h6,10-12,24-25H,4-5,7-9,13H2,1-3H3/b15-10+. The van der Waals surface area contributed by atoms with Crippen LogP contribution in [0.5, 0.6) is 11.5 Å². The van der Waals surface area contributed by atoms with Gasteiger partial charge in [0.05, 0.1) is 0 Å². The number of phenols is 2. The van der Waals surface area contributed by atoms with Gasteiger partial charge in [0.15, 0.2) is 17.3 Å². The summed E-state index contributed by atoms with van der Waals surface area (Å²) < 4.78 is 5.84. The van der Waals surface area contributed by atoms with Crippen LogP contribution in [0.1, 0.15) is 52.0 Å². The molecule has 0 saturated carbocycles. The zero-order valence-electron chi connectivity index (χ0n) is 16.0. The monoisotopic (exact) mass is 486 g/mol. The molecule has 2 N–H and O–H groups in total. The van der Waals surface area contributed by atoms with Crippen LogP contribution in [-0.2, 0) is 20.7 Å². The molecule has 0 aliphatic carbocycles. The van der Waals surface area contributed by atoms with Gasteiger partial charge in [-0.3, -0.25) is 4.79 Å². The van der Waals surface area contributed by atoms with E-state index in [1.165, 1.54) is 23.8 Å². The van der Waals surface area contributed by atoms with Gasteiger partial charge in [-0.05, 0) is 86.7 Å². The van der Waals surface area contributed by atoms with Crippen LogP contribution >= 0.6 is 22.6 Å². The molecule has 1 aromatic carbocycles. The van der Waals surface area contributed by atoms with Gasteiger partial charge in [-0.1, -0.05) is 17.2 Å². The van der Waals surface area contributed by atoms with Crippen LogP contribution in [-0.4, -0.2) is 28.6 Å². The number of phenolic OH excluding ortho intramolecular Hbond substituents is 2. The third kappa shape index (κ3) is 9.60.